The predicted molar refractivity (Wildman–Crippen MR) is 73.2 cm³/mol. The number of hydrogen-bond donors (Lipinski definition) is 1. The molecule has 1 nitrogen and oxygen atoms in total. The number of anilines is 1. The van der Waals surface area contributed by atoms with Gasteiger partial charge in [-0.15, -0.1) is 0 Å². The van der Waals surface area contributed by atoms with Gasteiger partial charge in [0.05, 0.1) is 0 Å². The van der Waals surface area contributed by atoms with Crippen LogP contribution in [0.25, 0.3) is 0 Å². The van der Waals surface area contributed by atoms with Gasteiger partial charge in [0.1, 0.15) is 0 Å². The fourth-order valence-electron chi connectivity index (χ4n) is 1.80. The molecule has 0 spiro atoms. The van der Waals surface area contributed by atoms with Crippen LogP contribution >= 0.6 is 0 Å². The summed E-state index contributed by atoms with van der Waals surface area (Å²) < 4.78 is 0. The summed E-state index contributed by atoms with van der Waals surface area (Å²) in [5, 5.41) is 3.49. The fourth-order valence-corrected chi connectivity index (χ4v) is 1.80. The minimum atomic E-state index is 0.324. The highest BCUT2D eigenvalue weighted by atomic mass is 14.9. The third-order valence-corrected chi connectivity index (χ3v) is 2.71. The summed E-state index contributed by atoms with van der Waals surface area (Å²) in [4.78, 5) is 0. The zero-order valence-corrected chi connectivity index (χ0v) is 11.5. The first-order valence-electron chi connectivity index (χ1n) is 6.14. The van der Waals surface area contributed by atoms with Gasteiger partial charge in [0, 0.05) is 12.2 Å². The topological polar surface area (TPSA) is 12.0 Å². The van der Waals surface area contributed by atoms with Crippen molar-refractivity contribution >= 4 is 5.69 Å². The van der Waals surface area contributed by atoms with E-state index >= 15 is 0 Å². The normalized spacial score (nSPS) is 11.9. The molecule has 0 bridgehead atoms. The summed E-state index contributed by atoms with van der Waals surface area (Å²) >= 11 is 0. The molecule has 16 heavy (non-hydrogen) atoms. The average Bonchev–Trinajstić information content (AvgIpc) is 2.13. The van der Waals surface area contributed by atoms with Crippen LogP contribution < -0.4 is 5.32 Å². The molecule has 0 aliphatic rings. The SMILES string of the molecule is Cc1cc(NCC(C)(C)C)ccc1C(C)C. The van der Waals surface area contributed by atoms with Crippen molar-refractivity contribution in [2.75, 3.05) is 11.9 Å². The maximum absolute atomic E-state index is 3.49. The van der Waals surface area contributed by atoms with E-state index in [1.54, 1.807) is 0 Å². The molecule has 0 saturated heterocycles. The van der Waals surface area contributed by atoms with Crippen LogP contribution in [0.2, 0.25) is 0 Å². The molecule has 1 heteroatoms. The maximum Gasteiger partial charge on any atom is 0.0343 e. The first-order chi connectivity index (χ1) is 7.29. The van der Waals surface area contributed by atoms with E-state index in [-0.39, 0.29) is 0 Å². The molecule has 0 radical (unpaired) electrons. The lowest BCUT2D eigenvalue weighted by Gasteiger charge is -2.20. The summed E-state index contributed by atoms with van der Waals surface area (Å²) in [5.41, 5.74) is 4.39. The van der Waals surface area contributed by atoms with Crippen LogP contribution in [0.15, 0.2) is 18.2 Å². The Bertz CT molecular complexity index is 345. The maximum atomic E-state index is 3.49. The van der Waals surface area contributed by atoms with Crippen molar-refractivity contribution in [3.63, 3.8) is 0 Å². The van der Waals surface area contributed by atoms with Gasteiger partial charge in [-0.3, -0.25) is 0 Å². The lowest BCUT2D eigenvalue weighted by molar-refractivity contribution is 0.443. The minimum absolute atomic E-state index is 0.324. The molecule has 0 aromatic heterocycles. The van der Waals surface area contributed by atoms with Crippen molar-refractivity contribution in [1.29, 1.82) is 0 Å². The van der Waals surface area contributed by atoms with Gasteiger partial charge in [0.25, 0.3) is 0 Å². The molecule has 0 heterocycles. The summed E-state index contributed by atoms with van der Waals surface area (Å²) in [7, 11) is 0. The molecule has 0 aliphatic heterocycles. The Morgan fingerprint density at radius 2 is 1.81 bits per heavy atom. The van der Waals surface area contributed by atoms with Crippen LogP contribution in [0, 0.1) is 12.3 Å². The first kappa shape index (κ1) is 13.1. The number of aryl methyl sites for hydroxylation is 1. The Balaban J connectivity index is 2.74. The standard InChI is InChI=1S/C15H25N/c1-11(2)14-8-7-13(9-12(14)3)16-10-15(4,5)6/h7-9,11,16H,10H2,1-6H3. The molecule has 0 aliphatic carbocycles. The van der Waals surface area contributed by atoms with E-state index in [1.807, 2.05) is 0 Å². The smallest absolute Gasteiger partial charge is 0.0343 e. The monoisotopic (exact) mass is 219 g/mol. The Hall–Kier alpha value is -0.980. The van der Waals surface area contributed by atoms with Crippen LogP contribution in [0.4, 0.5) is 5.69 Å². The molecule has 90 valence electrons. The van der Waals surface area contributed by atoms with E-state index < -0.39 is 0 Å². The molecule has 0 atom stereocenters. The molecule has 0 fully saturated rings. The molecule has 0 amide bonds. The van der Waals surface area contributed by atoms with E-state index in [1.165, 1.54) is 16.8 Å². The number of rotatable bonds is 3. The second-order valence-electron chi connectivity index (χ2n) is 6.14. The van der Waals surface area contributed by atoms with Gasteiger partial charge in [-0.05, 0) is 41.5 Å². The van der Waals surface area contributed by atoms with E-state index in [2.05, 4.69) is 65.1 Å². The quantitative estimate of drug-likeness (QED) is 0.785. The molecular formula is C15H25N. The molecule has 0 saturated carbocycles. The van der Waals surface area contributed by atoms with Gasteiger partial charge >= 0.3 is 0 Å². The molecular weight excluding hydrogens is 194 g/mol. The number of benzene rings is 1. The number of hydrogen-bond acceptors (Lipinski definition) is 1. The summed E-state index contributed by atoms with van der Waals surface area (Å²) in [5.74, 6) is 0.608. The second kappa shape index (κ2) is 4.90. The third kappa shape index (κ3) is 3.88. The van der Waals surface area contributed by atoms with E-state index in [4.69, 9.17) is 0 Å². The fraction of sp³-hybridized carbons (Fsp3) is 0.600. The van der Waals surface area contributed by atoms with Crippen LogP contribution in [-0.4, -0.2) is 6.54 Å². The predicted octanol–water partition coefficient (Wildman–Crippen LogP) is 4.58. The molecule has 1 rings (SSSR count). The van der Waals surface area contributed by atoms with Crippen molar-refractivity contribution in [2.24, 2.45) is 5.41 Å². The zero-order chi connectivity index (χ0) is 12.3. The first-order valence-corrected chi connectivity index (χ1v) is 6.14. The molecule has 0 unspecified atom stereocenters. The van der Waals surface area contributed by atoms with Crippen molar-refractivity contribution < 1.29 is 0 Å². The Kier molecular flexibility index (Phi) is 4.01. The second-order valence-corrected chi connectivity index (χ2v) is 6.14. The van der Waals surface area contributed by atoms with E-state index in [0.717, 1.165) is 6.54 Å². The van der Waals surface area contributed by atoms with Crippen LogP contribution in [0.3, 0.4) is 0 Å². The summed E-state index contributed by atoms with van der Waals surface area (Å²) in [6.07, 6.45) is 0. The van der Waals surface area contributed by atoms with Crippen LogP contribution in [0.1, 0.15) is 51.7 Å². The van der Waals surface area contributed by atoms with Gasteiger partial charge in [-0.2, -0.15) is 0 Å². The highest BCUT2D eigenvalue weighted by Crippen LogP contribution is 2.23. The highest BCUT2D eigenvalue weighted by Gasteiger charge is 2.10. The van der Waals surface area contributed by atoms with Crippen LogP contribution in [-0.2, 0) is 0 Å². The molecule has 1 N–H and O–H groups in total. The molecule has 1 aromatic carbocycles. The van der Waals surface area contributed by atoms with Crippen LogP contribution in [0.5, 0.6) is 0 Å². The summed E-state index contributed by atoms with van der Waals surface area (Å²) in [6, 6.07) is 6.68. The van der Waals surface area contributed by atoms with Crippen molar-refractivity contribution in [2.45, 2.75) is 47.5 Å². The van der Waals surface area contributed by atoms with Gasteiger partial charge in [0.15, 0.2) is 0 Å². The third-order valence-electron chi connectivity index (χ3n) is 2.71. The lowest BCUT2D eigenvalue weighted by atomic mass is 9.95. The highest BCUT2D eigenvalue weighted by molar-refractivity contribution is 5.49. The van der Waals surface area contributed by atoms with Crippen molar-refractivity contribution in [3.05, 3.63) is 29.3 Å². The Morgan fingerprint density at radius 1 is 1.19 bits per heavy atom. The zero-order valence-electron chi connectivity index (χ0n) is 11.5. The number of nitrogens with one attached hydrogen (secondary N) is 1. The molecule has 1 aromatic rings. The summed E-state index contributed by atoms with van der Waals surface area (Å²) in [6.45, 7) is 14.4. The average molecular weight is 219 g/mol. The van der Waals surface area contributed by atoms with Gasteiger partial charge in [-0.1, -0.05) is 40.7 Å². The lowest BCUT2D eigenvalue weighted by Crippen LogP contribution is -2.19. The van der Waals surface area contributed by atoms with Gasteiger partial charge in [-0.25, -0.2) is 0 Å². The Labute approximate surface area is 100 Å². The van der Waals surface area contributed by atoms with E-state index in [0.29, 0.717) is 11.3 Å². The van der Waals surface area contributed by atoms with Gasteiger partial charge < -0.3 is 5.32 Å². The van der Waals surface area contributed by atoms with E-state index in [9.17, 15) is 0 Å². The van der Waals surface area contributed by atoms with Gasteiger partial charge in [0.2, 0.25) is 0 Å². The largest absolute Gasteiger partial charge is 0.385 e. The minimum Gasteiger partial charge on any atom is -0.385 e. The van der Waals surface area contributed by atoms with Crippen molar-refractivity contribution in [3.8, 4) is 0 Å². The van der Waals surface area contributed by atoms with Crippen molar-refractivity contribution in [1.82, 2.24) is 0 Å². The Morgan fingerprint density at radius 3 is 2.25 bits per heavy atom.